The van der Waals surface area contributed by atoms with Gasteiger partial charge in [0.25, 0.3) is 0 Å². The fourth-order valence-electron chi connectivity index (χ4n) is 2.98. The van der Waals surface area contributed by atoms with Crippen molar-refractivity contribution in [3.63, 3.8) is 0 Å². The molecule has 2 aromatic carbocycles. The number of hydrogen-bond donors (Lipinski definition) is 0. The molecule has 0 spiro atoms. The smallest absolute Gasteiger partial charge is 0.140 e. The summed E-state index contributed by atoms with van der Waals surface area (Å²) in [5.74, 6) is 1.000. The molecular weight excluding hydrogens is 258 g/mol. The van der Waals surface area contributed by atoms with Crippen molar-refractivity contribution >= 4 is 0 Å². The second kappa shape index (κ2) is 4.60. The molecule has 0 amide bonds. The molecule has 0 fully saturated rings. The highest BCUT2D eigenvalue weighted by molar-refractivity contribution is 5.70. The minimum Gasteiger partial charge on any atom is -0.324 e. The first-order chi connectivity index (χ1) is 10.4. The van der Waals surface area contributed by atoms with Crippen LogP contribution in [0.5, 0.6) is 0 Å². The van der Waals surface area contributed by atoms with Crippen LogP contribution in [0.2, 0.25) is 0 Å². The number of nitriles is 1. The summed E-state index contributed by atoms with van der Waals surface area (Å²) in [4.78, 5) is 4.61. The average molecular weight is 271 g/mol. The van der Waals surface area contributed by atoms with Crippen LogP contribution in [0.25, 0.3) is 22.6 Å². The van der Waals surface area contributed by atoms with E-state index in [4.69, 9.17) is 5.26 Å². The van der Waals surface area contributed by atoms with Crippen LogP contribution < -0.4 is 0 Å². The normalized spacial score (nSPS) is 12.3. The first kappa shape index (κ1) is 11.9. The van der Waals surface area contributed by atoms with Crippen LogP contribution in [0.3, 0.4) is 0 Å². The van der Waals surface area contributed by atoms with Gasteiger partial charge in [-0.2, -0.15) is 5.26 Å². The summed E-state index contributed by atoms with van der Waals surface area (Å²) in [7, 11) is 0. The summed E-state index contributed by atoms with van der Waals surface area (Å²) in [6.45, 7) is 0.904. The number of aromatic nitrogens is 2. The monoisotopic (exact) mass is 271 g/mol. The Labute approximate surface area is 123 Å². The Morgan fingerprint density at radius 1 is 1.10 bits per heavy atom. The average Bonchev–Trinajstić information content (AvgIpc) is 2.99. The summed E-state index contributed by atoms with van der Waals surface area (Å²) < 4.78 is 2.27. The summed E-state index contributed by atoms with van der Waals surface area (Å²) in [5, 5.41) is 9.02. The molecule has 4 rings (SSSR count). The molecule has 0 radical (unpaired) electrons. The molecule has 3 heteroatoms. The highest BCUT2D eigenvalue weighted by Crippen LogP contribution is 2.33. The third kappa shape index (κ3) is 1.85. The molecule has 0 unspecified atom stereocenters. The maximum atomic E-state index is 9.02. The zero-order chi connectivity index (χ0) is 14.2. The maximum absolute atomic E-state index is 9.02. The van der Waals surface area contributed by atoms with Crippen molar-refractivity contribution in [1.29, 1.82) is 5.26 Å². The van der Waals surface area contributed by atoms with Gasteiger partial charge in [0.05, 0.1) is 23.5 Å². The molecule has 1 aromatic heterocycles. The van der Waals surface area contributed by atoms with E-state index in [2.05, 4.69) is 27.8 Å². The Morgan fingerprint density at radius 3 is 2.76 bits per heavy atom. The lowest BCUT2D eigenvalue weighted by Crippen LogP contribution is -2.12. The predicted molar refractivity (Wildman–Crippen MR) is 81.5 cm³/mol. The van der Waals surface area contributed by atoms with E-state index in [1.807, 2.05) is 42.6 Å². The van der Waals surface area contributed by atoms with Crippen LogP contribution in [0.15, 0.2) is 54.7 Å². The fourth-order valence-corrected chi connectivity index (χ4v) is 2.98. The predicted octanol–water partition coefficient (Wildman–Crippen LogP) is 3.64. The van der Waals surface area contributed by atoms with E-state index in [0.29, 0.717) is 0 Å². The van der Waals surface area contributed by atoms with Gasteiger partial charge in [-0.1, -0.05) is 30.3 Å². The fraction of sp³-hybridized carbons (Fsp3) is 0.111. The molecule has 0 atom stereocenters. The summed E-state index contributed by atoms with van der Waals surface area (Å²) in [6, 6.07) is 18.4. The summed E-state index contributed by atoms with van der Waals surface area (Å²) >= 11 is 0. The van der Waals surface area contributed by atoms with E-state index >= 15 is 0 Å². The molecule has 0 N–H and O–H groups in total. The standard InChI is InChI=1S/C18H13N3/c19-11-13-6-7-16-15(10-13)8-9-21-17(12-20-18(16)21)14-4-2-1-3-5-14/h1-7,10,12H,8-9H2. The van der Waals surface area contributed by atoms with Crippen molar-refractivity contribution < 1.29 is 0 Å². The maximum Gasteiger partial charge on any atom is 0.140 e. The van der Waals surface area contributed by atoms with Crippen LogP contribution in [-0.2, 0) is 13.0 Å². The van der Waals surface area contributed by atoms with Gasteiger partial charge in [-0.25, -0.2) is 4.98 Å². The molecule has 3 nitrogen and oxygen atoms in total. The van der Waals surface area contributed by atoms with E-state index in [0.717, 1.165) is 35.6 Å². The SMILES string of the molecule is N#Cc1ccc2c(c1)CCn1c(-c3ccccc3)cnc1-2. The quantitative estimate of drug-likeness (QED) is 0.678. The van der Waals surface area contributed by atoms with Gasteiger partial charge in [0.1, 0.15) is 5.82 Å². The summed E-state index contributed by atoms with van der Waals surface area (Å²) in [5.41, 5.74) is 5.42. The molecular formula is C18H13N3. The van der Waals surface area contributed by atoms with Gasteiger partial charge in [-0.3, -0.25) is 0 Å². The minimum atomic E-state index is 0.719. The van der Waals surface area contributed by atoms with Crippen molar-refractivity contribution in [2.45, 2.75) is 13.0 Å². The lowest BCUT2D eigenvalue weighted by molar-refractivity contribution is 0.689. The second-order valence-electron chi connectivity index (χ2n) is 5.22. The number of hydrogen-bond acceptors (Lipinski definition) is 2. The lowest BCUT2D eigenvalue weighted by atomic mass is 9.98. The van der Waals surface area contributed by atoms with Crippen LogP contribution in [0, 0.1) is 11.3 Å². The van der Waals surface area contributed by atoms with Gasteiger partial charge >= 0.3 is 0 Å². The second-order valence-corrected chi connectivity index (χ2v) is 5.22. The van der Waals surface area contributed by atoms with E-state index < -0.39 is 0 Å². The Bertz CT molecular complexity index is 854. The first-order valence-electron chi connectivity index (χ1n) is 7.01. The molecule has 1 aliphatic heterocycles. The highest BCUT2D eigenvalue weighted by atomic mass is 15.1. The molecule has 0 saturated carbocycles. The first-order valence-corrected chi connectivity index (χ1v) is 7.01. The third-order valence-corrected chi connectivity index (χ3v) is 4.01. The van der Waals surface area contributed by atoms with Gasteiger partial charge in [0.2, 0.25) is 0 Å². The van der Waals surface area contributed by atoms with Gasteiger partial charge in [0, 0.05) is 12.1 Å². The lowest BCUT2D eigenvalue weighted by Gasteiger charge is -2.20. The Hall–Kier alpha value is -2.86. The van der Waals surface area contributed by atoms with Crippen molar-refractivity contribution in [3.8, 4) is 28.7 Å². The Morgan fingerprint density at radius 2 is 1.95 bits per heavy atom. The molecule has 0 saturated heterocycles. The number of imidazole rings is 1. The van der Waals surface area contributed by atoms with E-state index in [1.54, 1.807) is 0 Å². The van der Waals surface area contributed by atoms with Gasteiger partial charge in [0.15, 0.2) is 0 Å². The van der Waals surface area contributed by atoms with Gasteiger partial charge in [-0.05, 0) is 35.7 Å². The van der Waals surface area contributed by atoms with Crippen molar-refractivity contribution in [3.05, 3.63) is 65.9 Å². The van der Waals surface area contributed by atoms with E-state index in [9.17, 15) is 0 Å². The van der Waals surface area contributed by atoms with Crippen LogP contribution in [0.4, 0.5) is 0 Å². The zero-order valence-electron chi connectivity index (χ0n) is 11.5. The van der Waals surface area contributed by atoms with Gasteiger partial charge < -0.3 is 4.57 Å². The molecule has 3 aromatic rings. The van der Waals surface area contributed by atoms with Crippen molar-refractivity contribution in [1.82, 2.24) is 9.55 Å². The van der Waals surface area contributed by atoms with Crippen molar-refractivity contribution in [2.24, 2.45) is 0 Å². The molecule has 100 valence electrons. The van der Waals surface area contributed by atoms with Crippen LogP contribution in [0.1, 0.15) is 11.1 Å². The number of rotatable bonds is 1. The highest BCUT2D eigenvalue weighted by Gasteiger charge is 2.20. The topological polar surface area (TPSA) is 41.6 Å². The number of benzene rings is 2. The number of aryl methyl sites for hydroxylation is 1. The Balaban J connectivity index is 1.87. The van der Waals surface area contributed by atoms with Crippen molar-refractivity contribution in [2.75, 3.05) is 0 Å². The van der Waals surface area contributed by atoms with Gasteiger partial charge in [-0.15, -0.1) is 0 Å². The summed E-state index contributed by atoms with van der Waals surface area (Å²) in [6.07, 6.45) is 2.88. The number of fused-ring (bicyclic) bond motifs is 3. The number of nitrogens with zero attached hydrogens (tertiary/aromatic N) is 3. The van der Waals surface area contributed by atoms with Crippen LogP contribution >= 0.6 is 0 Å². The molecule has 2 heterocycles. The van der Waals surface area contributed by atoms with Crippen LogP contribution in [-0.4, -0.2) is 9.55 Å². The molecule has 0 bridgehead atoms. The molecule has 0 aliphatic carbocycles. The van der Waals surface area contributed by atoms with E-state index in [-0.39, 0.29) is 0 Å². The third-order valence-electron chi connectivity index (χ3n) is 4.01. The zero-order valence-corrected chi connectivity index (χ0v) is 11.5. The van der Waals surface area contributed by atoms with E-state index in [1.165, 1.54) is 11.1 Å². The largest absolute Gasteiger partial charge is 0.324 e. The molecule has 21 heavy (non-hydrogen) atoms. The Kier molecular flexibility index (Phi) is 2.61. The molecule has 1 aliphatic rings. The minimum absolute atomic E-state index is 0.719.